The number of benzene rings is 3. The zero-order chi connectivity index (χ0) is 28.8. The van der Waals surface area contributed by atoms with E-state index in [0.717, 1.165) is 41.8 Å². The summed E-state index contributed by atoms with van der Waals surface area (Å²) in [5, 5.41) is 3.09. The van der Waals surface area contributed by atoms with E-state index in [2.05, 4.69) is 41.2 Å². The second kappa shape index (κ2) is 12.4. The normalized spacial score (nSPS) is 15.9. The Morgan fingerprint density at radius 2 is 1.50 bits per heavy atom. The largest absolute Gasteiger partial charge is 0.573 e. The highest BCUT2D eigenvalue weighted by molar-refractivity contribution is 7.89. The Labute approximate surface area is 233 Å². The molecular formula is C30H33F3N2O4S. The van der Waals surface area contributed by atoms with Gasteiger partial charge in [-0.2, -0.15) is 4.31 Å². The fourth-order valence-electron chi connectivity index (χ4n) is 5.04. The molecule has 1 heterocycles. The second-order valence-corrected chi connectivity index (χ2v) is 12.0. The van der Waals surface area contributed by atoms with Crippen molar-refractivity contribution >= 4 is 15.9 Å². The van der Waals surface area contributed by atoms with Gasteiger partial charge in [0.2, 0.25) is 15.9 Å². The van der Waals surface area contributed by atoms with Gasteiger partial charge in [0.1, 0.15) is 5.75 Å². The van der Waals surface area contributed by atoms with Gasteiger partial charge < -0.3 is 10.1 Å². The number of hydrogen-bond donors (Lipinski definition) is 1. The summed E-state index contributed by atoms with van der Waals surface area (Å²) in [5.74, 6) is -0.600. The number of rotatable bonds is 10. The van der Waals surface area contributed by atoms with Crippen LogP contribution < -0.4 is 10.1 Å². The molecule has 1 N–H and O–H groups in total. The van der Waals surface area contributed by atoms with E-state index in [1.807, 2.05) is 30.3 Å². The van der Waals surface area contributed by atoms with Crippen LogP contribution in [-0.2, 0) is 34.1 Å². The van der Waals surface area contributed by atoms with Crippen LogP contribution >= 0.6 is 0 Å². The van der Waals surface area contributed by atoms with E-state index in [0.29, 0.717) is 32.2 Å². The number of carbonyl (C=O) groups excluding carboxylic acids is 1. The Morgan fingerprint density at radius 3 is 2.08 bits per heavy atom. The van der Waals surface area contributed by atoms with Gasteiger partial charge in [-0.1, -0.05) is 61.5 Å². The average Bonchev–Trinajstić information content (AvgIpc) is 2.93. The first-order chi connectivity index (χ1) is 19.0. The lowest BCUT2D eigenvalue weighted by molar-refractivity contribution is -0.274. The maximum Gasteiger partial charge on any atom is 0.573 e. The molecule has 0 aliphatic carbocycles. The van der Waals surface area contributed by atoms with Crippen molar-refractivity contribution in [3.8, 4) is 5.75 Å². The standard InChI is InChI=1S/C30H33F3N2O4S/c1-2-23-8-10-24(11-9-23)16-19-34-28(36)29(22-25-6-4-3-5-7-25)17-20-35(21-18-29)40(37,38)27-14-12-26(13-15-27)39-30(31,32)33/h3-15H,2,16-22H2,1H3,(H,34,36). The first kappa shape index (κ1) is 29.6. The Kier molecular flexibility index (Phi) is 9.20. The van der Waals surface area contributed by atoms with Crippen LogP contribution in [0.2, 0.25) is 0 Å². The van der Waals surface area contributed by atoms with Crippen LogP contribution in [0.1, 0.15) is 36.5 Å². The van der Waals surface area contributed by atoms with Crippen LogP contribution in [0.4, 0.5) is 13.2 Å². The predicted octanol–water partition coefficient (Wildman–Crippen LogP) is 5.52. The molecule has 0 bridgehead atoms. The number of amides is 1. The van der Waals surface area contributed by atoms with Crippen LogP contribution in [-0.4, -0.2) is 44.6 Å². The number of halogens is 3. The van der Waals surface area contributed by atoms with E-state index in [1.165, 1.54) is 9.87 Å². The first-order valence-corrected chi connectivity index (χ1v) is 14.7. The topological polar surface area (TPSA) is 75.7 Å². The fraction of sp³-hybridized carbons (Fsp3) is 0.367. The van der Waals surface area contributed by atoms with E-state index >= 15 is 0 Å². The lowest BCUT2D eigenvalue weighted by Crippen LogP contribution is -2.51. The Bertz CT molecular complexity index is 1370. The maximum absolute atomic E-state index is 13.6. The van der Waals surface area contributed by atoms with Crippen molar-refractivity contribution < 1.29 is 31.1 Å². The molecule has 40 heavy (non-hydrogen) atoms. The van der Waals surface area contributed by atoms with Crippen molar-refractivity contribution in [2.45, 2.75) is 50.3 Å². The quantitative estimate of drug-likeness (QED) is 0.346. The molecule has 0 spiro atoms. The molecule has 1 aliphatic rings. The third kappa shape index (κ3) is 7.42. The fourth-order valence-corrected chi connectivity index (χ4v) is 6.48. The minimum atomic E-state index is -4.87. The van der Waals surface area contributed by atoms with Crippen LogP contribution in [0.5, 0.6) is 5.75 Å². The molecule has 0 aromatic heterocycles. The minimum absolute atomic E-state index is 0.104. The van der Waals surface area contributed by atoms with E-state index in [-0.39, 0.29) is 23.9 Å². The summed E-state index contributed by atoms with van der Waals surface area (Å²) in [6, 6.07) is 22.1. The zero-order valence-electron chi connectivity index (χ0n) is 22.3. The summed E-state index contributed by atoms with van der Waals surface area (Å²) < 4.78 is 69.1. The zero-order valence-corrected chi connectivity index (χ0v) is 23.1. The number of nitrogens with one attached hydrogen (secondary N) is 1. The molecular weight excluding hydrogens is 541 g/mol. The summed E-state index contributed by atoms with van der Waals surface area (Å²) >= 11 is 0. The van der Waals surface area contributed by atoms with Crippen molar-refractivity contribution in [3.05, 3.63) is 95.6 Å². The van der Waals surface area contributed by atoms with Gasteiger partial charge in [0.15, 0.2) is 0 Å². The van der Waals surface area contributed by atoms with Crippen molar-refractivity contribution in [1.29, 1.82) is 0 Å². The van der Waals surface area contributed by atoms with Gasteiger partial charge in [-0.25, -0.2) is 8.42 Å². The summed E-state index contributed by atoms with van der Waals surface area (Å²) in [6.45, 7) is 2.79. The van der Waals surface area contributed by atoms with E-state index in [4.69, 9.17) is 0 Å². The number of nitrogens with zero attached hydrogens (tertiary/aromatic N) is 1. The molecule has 3 aromatic carbocycles. The van der Waals surface area contributed by atoms with Crippen LogP contribution in [0.15, 0.2) is 83.8 Å². The lowest BCUT2D eigenvalue weighted by atomic mass is 9.73. The van der Waals surface area contributed by atoms with Crippen LogP contribution in [0, 0.1) is 5.41 Å². The first-order valence-electron chi connectivity index (χ1n) is 13.3. The van der Waals surface area contributed by atoms with Crippen LogP contribution in [0.3, 0.4) is 0 Å². The highest BCUT2D eigenvalue weighted by Gasteiger charge is 2.44. The lowest BCUT2D eigenvalue weighted by Gasteiger charge is -2.40. The molecule has 0 atom stereocenters. The smallest absolute Gasteiger partial charge is 0.406 e. The highest BCUT2D eigenvalue weighted by Crippen LogP contribution is 2.37. The third-order valence-electron chi connectivity index (χ3n) is 7.37. The SMILES string of the molecule is CCc1ccc(CCNC(=O)C2(Cc3ccccc3)CCN(S(=O)(=O)c3ccc(OC(F)(F)F)cc3)CC2)cc1. The Morgan fingerprint density at radius 1 is 0.900 bits per heavy atom. The molecule has 0 unspecified atom stereocenters. The van der Waals surface area contributed by atoms with Gasteiger partial charge >= 0.3 is 6.36 Å². The number of hydrogen-bond acceptors (Lipinski definition) is 4. The number of ether oxygens (including phenoxy) is 1. The van der Waals surface area contributed by atoms with E-state index in [9.17, 15) is 26.4 Å². The monoisotopic (exact) mass is 574 g/mol. The van der Waals surface area contributed by atoms with Crippen molar-refractivity contribution in [1.82, 2.24) is 9.62 Å². The number of carbonyl (C=O) groups is 1. The van der Waals surface area contributed by atoms with Crippen molar-refractivity contribution in [2.24, 2.45) is 5.41 Å². The number of alkyl halides is 3. The molecule has 1 fully saturated rings. The summed E-state index contributed by atoms with van der Waals surface area (Å²) in [7, 11) is -3.97. The van der Waals surface area contributed by atoms with E-state index < -0.39 is 27.6 Å². The second-order valence-electron chi connectivity index (χ2n) is 10.0. The predicted molar refractivity (Wildman–Crippen MR) is 146 cm³/mol. The van der Waals surface area contributed by atoms with Gasteiger partial charge in [-0.15, -0.1) is 13.2 Å². The van der Waals surface area contributed by atoms with Gasteiger partial charge in [0.05, 0.1) is 10.3 Å². The van der Waals surface area contributed by atoms with Gasteiger partial charge in [0.25, 0.3) is 0 Å². The number of aryl methyl sites for hydroxylation is 1. The summed E-state index contributed by atoms with van der Waals surface area (Å²) in [6.07, 6.45) is -2.12. The Balaban J connectivity index is 1.44. The minimum Gasteiger partial charge on any atom is -0.406 e. The maximum atomic E-state index is 13.6. The molecule has 1 saturated heterocycles. The van der Waals surface area contributed by atoms with Gasteiger partial charge in [-0.05, 0) is 73.1 Å². The van der Waals surface area contributed by atoms with Gasteiger partial charge in [0, 0.05) is 19.6 Å². The van der Waals surface area contributed by atoms with Crippen LogP contribution in [0.25, 0.3) is 0 Å². The van der Waals surface area contributed by atoms with E-state index in [1.54, 1.807) is 0 Å². The Hall–Kier alpha value is -3.37. The molecule has 0 saturated carbocycles. The molecule has 1 aliphatic heterocycles. The van der Waals surface area contributed by atoms with Crippen molar-refractivity contribution in [2.75, 3.05) is 19.6 Å². The molecule has 214 valence electrons. The molecule has 6 nitrogen and oxygen atoms in total. The molecule has 4 rings (SSSR count). The molecule has 0 radical (unpaired) electrons. The molecule has 3 aromatic rings. The number of sulfonamides is 1. The summed E-state index contributed by atoms with van der Waals surface area (Å²) in [5.41, 5.74) is 2.58. The molecule has 1 amide bonds. The molecule has 10 heteroatoms. The van der Waals surface area contributed by atoms with Crippen molar-refractivity contribution in [3.63, 3.8) is 0 Å². The van der Waals surface area contributed by atoms with Gasteiger partial charge in [-0.3, -0.25) is 4.79 Å². The third-order valence-corrected chi connectivity index (χ3v) is 9.28. The highest BCUT2D eigenvalue weighted by atomic mass is 32.2. The summed E-state index contributed by atoms with van der Waals surface area (Å²) in [4.78, 5) is 13.5. The average molecular weight is 575 g/mol. The number of piperidine rings is 1.